The predicted octanol–water partition coefficient (Wildman–Crippen LogP) is 3.92. The Morgan fingerprint density at radius 2 is 1.78 bits per heavy atom. The van der Waals surface area contributed by atoms with E-state index in [1.807, 2.05) is 6.92 Å². The third kappa shape index (κ3) is 2.32. The number of hydrogen-bond acceptors (Lipinski definition) is 2. The van der Waals surface area contributed by atoms with Crippen molar-refractivity contribution < 1.29 is 9.53 Å². The Labute approximate surface area is 111 Å². The largest absolute Gasteiger partial charge is 0.417 e. The van der Waals surface area contributed by atoms with Crippen molar-refractivity contribution in [3.8, 4) is 12.3 Å². The Morgan fingerprint density at radius 3 is 2.11 bits per heavy atom. The van der Waals surface area contributed by atoms with Crippen LogP contribution in [0.25, 0.3) is 0 Å². The Morgan fingerprint density at radius 1 is 1.28 bits per heavy atom. The lowest BCUT2D eigenvalue weighted by Gasteiger charge is -2.08. The van der Waals surface area contributed by atoms with Gasteiger partial charge in [0.25, 0.3) is 0 Å². The second-order valence-corrected chi connectivity index (χ2v) is 6.30. The van der Waals surface area contributed by atoms with Crippen LogP contribution in [0.1, 0.15) is 54.4 Å². The molecule has 18 heavy (non-hydrogen) atoms. The molecule has 0 aromatic carbocycles. The predicted molar refractivity (Wildman–Crippen MR) is 73.6 cm³/mol. The molecule has 0 aliphatic heterocycles. The van der Waals surface area contributed by atoms with E-state index >= 15 is 0 Å². The first-order chi connectivity index (χ1) is 8.20. The lowest BCUT2D eigenvalue weighted by atomic mass is 10.0. The Hall–Kier alpha value is -1.23. The summed E-state index contributed by atoms with van der Waals surface area (Å²) in [7, 11) is 0. The molecule has 100 valence electrons. The van der Waals surface area contributed by atoms with Gasteiger partial charge in [-0.1, -0.05) is 41.0 Å². The van der Waals surface area contributed by atoms with Gasteiger partial charge >= 0.3 is 5.97 Å². The fourth-order valence-electron chi connectivity index (χ4n) is 2.67. The lowest BCUT2D eigenvalue weighted by Crippen LogP contribution is -2.11. The van der Waals surface area contributed by atoms with Crippen molar-refractivity contribution in [3.63, 3.8) is 0 Å². The molecule has 0 N–H and O–H groups in total. The molecular weight excluding hydrogens is 224 g/mol. The molecular formula is C16H24O2. The molecule has 0 aromatic heterocycles. The fraction of sp³-hybridized carbons (Fsp3) is 0.688. The molecule has 0 aromatic rings. The van der Waals surface area contributed by atoms with Crippen LogP contribution < -0.4 is 0 Å². The number of allylic oxidation sites excluding steroid dienone is 2. The summed E-state index contributed by atoms with van der Waals surface area (Å²) in [6.07, 6.45) is 7.28. The van der Waals surface area contributed by atoms with Gasteiger partial charge in [-0.05, 0) is 35.7 Å². The molecule has 1 aliphatic carbocycles. The smallest absolute Gasteiger partial charge is 0.316 e. The molecule has 1 saturated carbocycles. The van der Waals surface area contributed by atoms with Crippen LogP contribution in [0.15, 0.2) is 11.3 Å². The van der Waals surface area contributed by atoms with Gasteiger partial charge in [0.15, 0.2) is 5.76 Å². The van der Waals surface area contributed by atoms with Crippen LogP contribution in [0.3, 0.4) is 0 Å². The molecule has 2 nitrogen and oxygen atoms in total. The van der Waals surface area contributed by atoms with Crippen molar-refractivity contribution in [1.29, 1.82) is 0 Å². The summed E-state index contributed by atoms with van der Waals surface area (Å²) < 4.78 is 5.41. The maximum Gasteiger partial charge on any atom is 0.316 e. The number of carbonyl (C=O) groups excluding carboxylic acids is 1. The molecule has 0 heterocycles. The first-order valence-electron chi connectivity index (χ1n) is 6.58. The molecule has 2 heteroatoms. The van der Waals surface area contributed by atoms with E-state index in [-0.39, 0.29) is 22.7 Å². The van der Waals surface area contributed by atoms with E-state index in [1.54, 1.807) is 0 Å². The first kappa shape index (κ1) is 14.8. The Bertz CT molecular complexity index is 405. The normalized spacial score (nSPS) is 21.8. The summed E-state index contributed by atoms with van der Waals surface area (Å²) in [5.74, 6) is 2.64. The number of terminal acetylenes is 1. The third-order valence-electron chi connectivity index (χ3n) is 4.60. The van der Waals surface area contributed by atoms with Crippen LogP contribution in [-0.2, 0) is 9.53 Å². The van der Waals surface area contributed by atoms with E-state index in [2.05, 4.69) is 40.5 Å². The van der Waals surface area contributed by atoms with Crippen molar-refractivity contribution in [2.45, 2.75) is 54.4 Å². The van der Waals surface area contributed by atoms with E-state index in [9.17, 15) is 4.79 Å². The SMILES string of the molecule is C#CC(OC(=O)C1C(C)(C)C1(C)C)=C(C)CCC. The average molecular weight is 248 g/mol. The highest BCUT2D eigenvalue weighted by Crippen LogP contribution is 2.68. The second-order valence-electron chi connectivity index (χ2n) is 6.30. The van der Waals surface area contributed by atoms with Crippen molar-refractivity contribution in [1.82, 2.24) is 0 Å². The number of rotatable bonds is 4. The van der Waals surface area contributed by atoms with E-state index < -0.39 is 0 Å². The zero-order chi connectivity index (χ0) is 14.1. The zero-order valence-electron chi connectivity index (χ0n) is 12.4. The minimum absolute atomic E-state index is 0.0115. The molecule has 0 spiro atoms. The van der Waals surface area contributed by atoms with Crippen LogP contribution in [0.5, 0.6) is 0 Å². The minimum atomic E-state index is -0.187. The first-order valence-corrected chi connectivity index (χ1v) is 6.58. The van der Waals surface area contributed by atoms with Crippen molar-refractivity contribution >= 4 is 5.97 Å². The maximum atomic E-state index is 12.2. The fourth-order valence-corrected chi connectivity index (χ4v) is 2.67. The van der Waals surface area contributed by atoms with Crippen LogP contribution in [0.2, 0.25) is 0 Å². The summed E-state index contributed by atoms with van der Waals surface area (Å²) >= 11 is 0. The van der Waals surface area contributed by atoms with E-state index in [0.29, 0.717) is 5.76 Å². The molecule has 1 aliphatic rings. The van der Waals surface area contributed by atoms with E-state index in [4.69, 9.17) is 11.2 Å². The van der Waals surface area contributed by atoms with Crippen molar-refractivity contribution in [2.75, 3.05) is 0 Å². The monoisotopic (exact) mass is 248 g/mol. The van der Waals surface area contributed by atoms with Gasteiger partial charge in [0, 0.05) is 0 Å². The highest BCUT2D eigenvalue weighted by molar-refractivity contribution is 5.80. The van der Waals surface area contributed by atoms with Crippen LogP contribution >= 0.6 is 0 Å². The molecule has 0 radical (unpaired) electrons. The topological polar surface area (TPSA) is 26.3 Å². The third-order valence-corrected chi connectivity index (χ3v) is 4.60. The van der Waals surface area contributed by atoms with Crippen LogP contribution in [0.4, 0.5) is 0 Å². The Kier molecular flexibility index (Phi) is 3.96. The second kappa shape index (κ2) is 4.80. The van der Waals surface area contributed by atoms with Gasteiger partial charge in [-0.25, -0.2) is 0 Å². The van der Waals surface area contributed by atoms with Gasteiger partial charge in [0.1, 0.15) is 0 Å². The molecule has 1 rings (SSSR count). The van der Waals surface area contributed by atoms with Gasteiger partial charge in [-0.3, -0.25) is 4.79 Å². The van der Waals surface area contributed by atoms with Gasteiger partial charge in [0.05, 0.1) is 5.92 Å². The average Bonchev–Trinajstić information content (AvgIpc) is 2.66. The Balaban J connectivity index is 2.79. The number of hydrogen-bond donors (Lipinski definition) is 0. The summed E-state index contributed by atoms with van der Waals surface area (Å²) in [6.45, 7) is 12.4. The van der Waals surface area contributed by atoms with Gasteiger partial charge in [0.2, 0.25) is 0 Å². The van der Waals surface area contributed by atoms with Gasteiger partial charge in [-0.2, -0.15) is 0 Å². The molecule has 0 amide bonds. The highest BCUT2D eigenvalue weighted by atomic mass is 16.5. The molecule has 0 bridgehead atoms. The van der Waals surface area contributed by atoms with Crippen LogP contribution in [0, 0.1) is 29.1 Å². The molecule has 1 fully saturated rings. The van der Waals surface area contributed by atoms with Crippen molar-refractivity contribution in [3.05, 3.63) is 11.3 Å². The summed E-state index contributed by atoms with van der Waals surface area (Å²) in [5.41, 5.74) is 0.954. The lowest BCUT2D eigenvalue weighted by molar-refractivity contribution is -0.141. The molecule has 0 saturated heterocycles. The summed E-state index contributed by atoms with van der Waals surface area (Å²) in [5, 5.41) is 0. The maximum absolute atomic E-state index is 12.2. The van der Waals surface area contributed by atoms with E-state index in [0.717, 1.165) is 18.4 Å². The zero-order valence-corrected chi connectivity index (χ0v) is 12.4. The van der Waals surface area contributed by atoms with Gasteiger partial charge in [-0.15, -0.1) is 6.42 Å². The molecule has 0 atom stereocenters. The standard InChI is InChI=1S/C16H24O2/c1-8-10-11(3)12(9-2)18-14(17)13-15(4,5)16(13,6)7/h2,13H,8,10H2,1,3-7H3. The van der Waals surface area contributed by atoms with Gasteiger partial charge < -0.3 is 4.74 Å². The summed E-state index contributed by atoms with van der Waals surface area (Å²) in [6, 6.07) is 0. The van der Waals surface area contributed by atoms with Crippen molar-refractivity contribution in [2.24, 2.45) is 16.7 Å². The van der Waals surface area contributed by atoms with Crippen LogP contribution in [-0.4, -0.2) is 5.97 Å². The number of esters is 1. The minimum Gasteiger partial charge on any atom is -0.417 e. The summed E-state index contributed by atoms with van der Waals surface area (Å²) in [4.78, 5) is 12.2. The number of ether oxygens (including phenoxy) is 1. The highest BCUT2D eigenvalue weighted by Gasteiger charge is 2.69. The molecule has 0 unspecified atom stereocenters. The quantitative estimate of drug-likeness (QED) is 0.428. The van der Waals surface area contributed by atoms with E-state index in [1.165, 1.54) is 0 Å². The number of carbonyl (C=O) groups is 1.